The van der Waals surface area contributed by atoms with Gasteiger partial charge in [-0.3, -0.25) is 0 Å². The molecule has 0 N–H and O–H groups in total. The van der Waals surface area contributed by atoms with Crippen LogP contribution in [0.4, 0.5) is 0 Å². The van der Waals surface area contributed by atoms with Gasteiger partial charge in [0.25, 0.3) is 0 Å². The molecule has 2 atom stereocenters. The molecule has 2 unspecified atom stereocenters. The number of aryl methyl sites for hydroxylation is 2. The summed E-state index contributed by atoms with van der Waals surface area (Å²) >= 11 is 0. The van der Waals surface area contributed by atoms with Crippen LogP contribution in [0.15, 0.2) is 73.3 Å². The Kier molecular flexibility index (Phi) is 7.83. The number of aromatic nitrogens is 1. The Bertz CT molecular complexity index is 1050. The van der Waals surface area contributed by atoms with Gasteiger partial charge in [0.15, 0.2) is 0 Å². The van der Waals surface area contributed by atoms with Crippen LogP contribution < -0.4 is 9.47 Å². The third-order valence-corrected chi connectivity index (χ3v) is 6.47. The molecule has 1 heterocycles. The maximum atomic E-state index is 6.66. The molecule has 33 heavy (non-hydrogen) atoms. The van der Waals surface area contributed by atoms with Crippen molar-refractivity contribution in [3.63, 3.8) is 0 Å². The van der Waals surface area contributed by atoms with Crippen molar-refractivity contribution >= 4 is 5.57 Å². The first-order valence-electron chi connectivity index (χ1n) is 12.2. The third kappa shape index (κ3) is 6.25. The van der Waals surface area contributed by atoms with Crippen molar-refractivity contribution in [3.05, 3.63) is 95.7 Å². The summed E-state index contributed by atoms with van der Waals surface area (Å²) in [5.41, 5.74) is 5.22. The molecule has 0 amide bonds. The molecule has 0 aliphatic heterocycles. The van der Waals surface area contributed by atoms with Crippen LogP contribution in [0.1, 0.15) is 61.9 Å². The van der Waals surface area contributed by atoms with Crippen LogP contribution in [0.3, 0.4) is 0 Å². The summed E-state index contributed by atoms with van der Waals surface area (Å²) in [5.74, 6) is 2.03. The van der Waals surface area contributed by atoms with Crippen LogP contribution in [0.25, 0.3) is 5.57 Å². The average molecular weight is 442 g/mol. The second kappa shape index (κ2) is 11.2. The minimum Gasteiger partial charge on any atom is -0.489 e. The summed E-state index contributed by atoms with van der Waals surface area (Å²) in [4.78, 5) is 4.93. The summed E-state index contributed by atoms with van der Waals surface area (Å²) in [6.45, 7) is 9.01. The van der Waals surface area contributed by atoms with E-state index in [1.807, 2.05) is 25.1 Å². The van der Waals surface area contributed by atoms with E-state index in [1.165, 1.54) is 24.8 Å². The normalized spacial score (nSPS) is 18.0. The predicted molar refractivity (Wildman–Crippen MR) is 136 cm³/mol. The van der Waals surface area contributed by atoms with Gasteiger partial charge < -0.3 is 9.47 Å². The van der Waals surface area contributed by atoms with Gasteiger partial charge in [-0.1, -0.05) is 80.6 Å². The van der Waals surface area contributed by atoms with E-state index in [2.05, 4.69) is 62.0 Å². The van der Waals surface area contributed by atoms with Gasteiger partial charge in [0, 0.05) is 11.8 Å². The molecule has 0 saturated heterocycles. The number of hydrogen-bond acceptors (Lipinski definition) is 3. The third-order valence-electron chi connectivity index (χ3n) is 6.47. The van der Waals surface area contributed by atoms with Gasteiger partial charge in [-0.2, -0.15) is 0 Å². The van der Waals surface area contributed by atoms with Crippen molar-refractivity contribution < 1.29 is 9.47 Å². The lowest BCUT2D eigenvalue weighted by Gasteiger charge is -2.30. The maximum absolute atomic E-state index is 6.66. The Hall–Kier alpha value is -3.07. The van der Waals surface area contributed by atoms with Crippen LogP contribution in [0.5, 0.6) is 11.6 Å². The van der Waals surface area contributed by atoms with E-state index < -0.39 is 0 Å². The number of nitrogens with zero attached hydrogens (tertiary/aromatic N) is 1. The topological polar surface area (TPSA) is 31.4 Å². The first kappa shape index (κ1) is 23.1. The van der Waals surface area contributed by atoms with Gasteiger partial charge in [0.1, 0.15) is 18.5 Å². The van der Waals surface area contributed by atoms with Gasteiger partial charge in [-0.25, -0.2) is 4.98 Å². The summed E-state index contributed by atoms with van der Waals surface area (Å²) in [6.07, 6.45) is 6.81. The van der Waals surface area contributed by atoms with E-state index in [0.29, 0.717) is 18.4 Å². The fraction of sp³-hybridized carbons (Fsp3) is 0.367. The zero-order valence-corrected chi connectivity index (χ0v) is 19.9. The quantitative estimate of drug-likeness (QED) is 0.346. The van der Waals surface area contributed by atoms with Crippen LogP contribution in [0.2, 0.25) is 0 Å². The monoisotopic (exact) mass is 441 g/mol. The Balaban J connectivity index is 1.64. The van der Waals surface area contributed by atoms with Gasteiger partial charge in [-0.05, 0) is 61.6 Å². The molecule has 0 radical (unpaired) electrons. The zero-order valence-electron chi connectivity index (χ0n) is 19.9. The lowest BCUT2D eigenvalue weighted by atomic mass is 9.88. The molecule has 3 aromatic rings. The van der Waals surface area contributed by atoms with Crippen molar-refractivity contribution in [1.82, 2.24) is 4.98 Å². The van der Waals surface area contributed by atoms with Crippen LogP contribution in [-0.4, -0.2) is 11.1 Å². The number of rotatable bonds is 9. The van der Waals surface area contributed by atoms with Gasteiger partial charge in [0.05, 0.1) is 5.56 Å². The first-order valence-corrected chi connectivity index (χ1v) is 12.2. The van der Waals surface area contributed by atoms with E-state index in [-0.39, 0.29) is 6.10 Å². The number of allylic oxidation sites excluding steroid dienone is 1. The predicted octanol–water partition coefficient (Wildman–Crippen LogP) is 7.44. The fourth-order valence-corrected chi connectivity index (χ4v) is 4.53. The van der Waals surface area contributed by atoms with Gasteiger partial charge >= 0.3 is 0 Å². The molecule has 1 fully saturated rings. The van der Waals surface area contributed by atoms with Crippen LogP contribution in [-0.2, 0) is 19.4 Å². The molecule has 0 bridgehead atoms. The highest BCUT2D eigenvalue weighted by Crippen LogP contribution is 2.37. The van der Waals surface area contributed by atoms with E-state index in [0.717, 1.165) is 47.4 Å². The molecule has 1 aliphatic carbocycles. The highest BCUT2D eigenvalue weighted by molar-refractivity contribution is 5.71. The number of pyridine rings is 1. The molecular formula is C30H35NO2. The molecule has 1 aromatic heterocycles. The van der Waals surface area contributed by atoms with E-state index in [1.54, 1.807) is 0 Å². The summed E-state index contributed by atoms with van der Waals surface area (Å²) < 4.78 is 12.9. The van der Waals surface area contributed by atoms with E-state index >= 15 is 0 Å². The van der Waals surface area contributed by atoms with Crippen molar-refractivity contribution in [2.45, 2.75) is 65.1 Å². The molecular weight excluding hydrogens is 406 g/mol. The Morgan fingerprint density at radius 3 is 2.27 bits per heavy atom. The highest BCUT2D eigenvalue weighted by atomic mass is 16.5. The SMILES string of the molecule is C=C(C)c1c(OC2CCCCC2C)cc(CCc2ccccc2)nc1OCc1ccccc1. The molecule has 4 rings (SSSR count). The maximum Gasteiger partial charge on any atom is 0.225 e. The summed E-state index contributed by atoms with van der Waals surface area (Å²) in [5, 5.41) is 0. The number of hydrogen-bond donors (Lipinski definition) is 0. The number of ether oxygens (including phenoxy) is 2. The second-order valence-electron chi connectivity index (χ2n) is 9.25. The van der Waals surface area contributed by atoms with Crippen LogP contribution in [0, 0.1) is 5.92 Å². The van der Waals surface area contributed by atoms with Gasteiger partial charge in [0.2, 0.25) is 5.88 Å². The largest absolute Gasteiger partial charge is 0.489 e. The van der Waals surface area contributed by atoms with E-state index in [9.17, 15) is 0 Å². The minimum absolute atomic E-state index is 0.225. The molecule has 0 spiro atoms. The lowest BCUT2D eigenvalue weighted by Crippen LogP contribution is -2.28. The fourth-order valence-electron chi connectivity index (χ4n) is 4.53. The molecule has 3 heteroatoms. The zero-order chi connectivity index (χ0) is 23.0. The Labute approximate surface area is 198 Å². The molecule has 1 aliphatic rings. The second-order valence-corrected chi connectivity index (χ2v) is 9.25. The Morgan fingerprint density at radius 1 is 0.939 bits per heavy atom. The standard InChI is InChI=1S/C30H35NO2/c1-22(2)29-28(33-27-17-11-10-12-23(27)3)20-26(19-18-24-13-6-4-7-14-24)31-30(29)32-21-25-15-8-5-9-16-25/h4-9,13-16,20,23,27H,1,10-12,17-19,21H2,2-3H3. The van der Waals surface area contributed by atoms with Crippen molar-refractivity contribution in [3.8, 4) is 11.6 Å². The van der Waals surface area contributed by atoms with Crippen molar-refractivity contribution in [2.75, 3.05) is 0 Å². The van der Waals surface area contributed by atoms with Crippen molar-refractivity contribution in [2.24, 2.45) is 5.92 Å². The van der Waals surface area contributed by atoms with Crippen LogP contribution >= 0.6 is 0 Å². The smallest absolute Gasteiger partial charge is 0.225 e. The van der Waals surface area contributed by atoms with Crippen molar-refractivity contribution in [1.29, 1.82) is 0 Å². The highest BCUT2D eigenvalue weighted by Gasteiger charge is 2.26. The first-order chi connectivity index (χ1) is 16.1. The minimum atomic E-state index is 0.225. The summed E-state index contributed by atoms with van der Waals surface area (Å²) in [7, 11) is 0. The molecule has 3 nitrogen and oxygen atoms in total. The Morgan fingerprint density at radius 2 is 1.61 bits per heavy atom. The van der Waals surface area contributed by atoms with E-state index in [4.69, 9.17) is 14.5 Å². The molecule has 1 saturated carbocycles. The summed E-state index contributed by atoms with van der Waals surface area (Å²) in [6, 6.07) is 22.9. The van der Waals surface area contributed by atoms with Gasteiger partial charge in [-0.15, -0.1) is 0 Å². The number of benzene rings is 2. The average Bonchev–Trinajstić information content (AvgIpc) is 2.84. The lowest BCUT2D eigenvalue weighted by molar-refractivity contribution is 0.101. The molecule has 2 aromatic carbocycles. The molecule has 172 valence electrons.